The Morgan fingerprint density at radius 2 is 1.40 bits per heavy atom. The molecule has 2 aromatic carbocycles. The zero-order valence-corrected chi connectivity index (χ0v) is 10.4. The van der Waals surface area contributed by atoms with E-state index in [4.69, 9.17) is 10.2 Å². The van der Waals surface area contributed by atoms with Gasteiger partial charge in [-0.15, -0.1) is 0 Å². The number of phenolic OH excluding ortho intramolecular Hbond substituents is 3. The molecule has 0 atom stereocenters. The standard InChI is InChI=1S/C15H12O5/c16-10-3-1-9(2-4-10)13(18)8-15(20)12-6-5-11(17)7-14(12)19/h1-7,16-17,19H,8H2. The van der Waals surface area contributed by atoms with Crippen molar-refractivity contribution in [2.75, 3.05) is 0 Å². The van der Waals surface area contributed by atoms with Crippen molar-refractivity contribution in [3.8, 4) is 17.2 Å². The SMILES string of the molecule is O=C(CC(=O)c1ccc(O)cc1O)c1ccc(O)cc1. The second-order valence-corrected chi connectivity index (χ2v) is 4.27. The number of hydrogen-bond acceptors (Lipinski definition) is 5. The summed E-state index contributed by atoms with van der Waals surface area (Å²) in [6, 6.07) is 9.11. The summed E-state index contributed by atoms with van der Waals surface area (Å²) < 4.78 is 0. The van der Waals surface area contributed by atoms with Crippen LogP contribution in [-0.4, -0.2) is 26.9 Å². The maximum atomic E-state index is 11.9. The molecule has 102 valence electrons. The van der Waals surface area contributed by atoms with Crippen molar-refractivity contribution in [1.29, 1.82) is 0 Å². The van der Waals surface area contributed by atoms with Crippen LogP contribution < -0.4 is 0 Å². The minimum absolute atomic E-state index is 0.0186. The smallest absolute Gasteiger partial charge is 0.174 e. The van der Waals surface area contributed by atoms with E-state index >= 15 is 0 Å². The second-order valence-electron chi connectivity index (χ2n) is 4.27. The van der Waals surface area contributed by atoms with Crippen LogP contribution in [0, 0.1) is 0 Å². The van der Waals surface area contributed by atoms with Crippen molar-refractivity contribution < 1.29 is 24.9 Å². The Kier molecular flexibility index (Phi) is 3.70. The van der Waals surface area contributed by atoms with Gasteiger partial charge >= 0.3 is 0 Å². The Hall–Kier alpha value is -2.82. The molecular weight excluding hydrogens is 260 g/mol. The Bertz CT molecular complexity index is 658. The van der Waals surface area contributed by atoms with Gasteiger partial charge in [-0.3, -0.25) is 9.59 Å². The normalized spacial score (nSPS) is 10.2. The van der Waals surface area contributed by atoms with Gasteiger partial charge in [-0.05, 0) is 36.4 Å². The van der Waals surface area contributed by atoms with Gasteiger partial charge in [0.15, 0.2) is 11.6 Å². The maximum absolute atomic E-state index is 11.9. The number of carbonyl (C=O) groups excluding carboxylic acids is 2. The fourth-order valence-electron chi connectivity index (χ4n) is 1.75. The van der Waals surface area contributed by atoms with E-state index in [1.54, 1.807) is 0 Å². The third kappa shape index (κ3) is 2.95. The van der Waals surface area contributed by atoms with E-state index in [-0.39, 0.29) is 22.8 Å². The fourth-order valence-corrected chi connectivity index (χ4v) is 1.75. The van der Waals surface area contributed by atoms with Gasteiger partial charge in [-0.25, -0.2) is 0 Å². The van der Waals surface area contributed by atoms with Gasteiger partial charge in [0.1, 0.15) is 17.2 Å². The Balaban J connectivity index is 2.15. The number of Topliss-reactive ketones (excluding diaryl/α,β-unsaturated/α-hetero) is 2. The van der Waals surface area contributed by atoms with Crippen molar-refractivity contribution in [2.45, 2.75) is 6.42 Å². The summed E-state index contributed by atoms with van der Waals surface area (Å²) in [6.07, 6.45) is -0.400. The highest BCUT2D eigenvalue weighted by Crippen LogP contribution is 2.24. The third-order valence-electron chi connectivity index (χ3n) is 2.79. The molecule has 0 unspecified atom stereocenters. The van der Waals surface area contributed by atoms with Crippen molar-refractivity contribution in [3.63, 3.8) is 0 Å². The highest BCUT2D eigenvalue weighted by Gasteiger charge is 2.17. The summed E-state index contributed by atoms with van der Waals surface area (Å²) in [5.41, 5.74) is 0.282. The van der Waals surface area contributed by atoms with E-state index in [9.17, 15) is 14.7 Å². The molecule has 3 N–H and O–H groups in total. The van der Waals surface area contributed by atoms with Gasteiger partial charge in [-0.1, -0.05) is 0 Å². The number of ketones is 2. The van der Waals surface area contributed by atoms with Gasteiger partial charge < -0.3 is 15.3 Å². The van der Waals surface area contributed by atoms with Crippen LogP contribution in [0.3, 0.4) is 0 Å². The molecule has 2 aromatic rings. The lowest BCUT2D eigenvalue weighted by Gasteiger charge is -2.04. The summed E-state index contributed by atoms with van der Waals surface area (Å²) >= 11 is 0. The average molecular weight is 272 g/mol. The molecular formula is C15H12O5. The van der Waals surface area contributed by atoms with Crippen LogP contribution in [-0.2, 0) is 0 Å². The minimum atomic E-state index is -0.541. The molecule has 0 aliphatic heterocycles. The van der Waals surface area contributed by atoms with Gasteiger partial charge in [-0.2, -0.15) is 0 Å². The quantitative estimate of drug-likeness (QED) is 0.586. The van der Waals surface area contributed by atoms with E-state index in [1.165, 1.54) is 36.4 Å². The molecule has 0 fully saturated rings. The molecule has 5 nitrogen and oxygen atoms in total. The van der Waals surface area contributed by atoms with Gasteiger partial charge in [0.2, 0.25) is 0 Å². The number of carbonyl (C=O) groups is 2. The van der Waals surface area contributed by atoms with E-state index in [1.807, 2.05) is 0 Å². The molecule has 5 heteroatoms. The number of phenols is 3. The van der Waals surface area contributed by atoms with Crippen molar-refractivity contribution >= 4 is 11.6 Å². The summed E-state index contributed by atoms with van der Waals surface area (Å²) in [7, 11) is 0. The highest BCUT2D eigenvalue weighted by atomic mass is 16.3. The zero-order valence-electron chi connectivity index (χ0n) is 10.4. The molecule has 0 amide bonds. The fraction of sp³-hybridized carbons (Fsp3) is 0.0667. The molecule has 0 radical (unpaired) electrons. The highest BCUT2D eigenvalue weighted by molar-refractivity contribution is 6.14. The topological polar surface area (TPSA) is 94.8 Å². The number of hydrogen-bond donors (Lipinski definition) is 3. The lowest BCUT2D eigenvalue weighted by atomic mass is 10.0. The first-order chi connectivity index (χ1) is 9.47. The molecule has 0 bridgehead atoms. The predicted octanol–water partition coefficient (Wildman–Crippen LogP) is 2.26. The minimum Gasteiger partial charge on any atom is -0.508 e. The van der Waals surface area contributed by atoms with Gasteiger partial charge in [0.05, 0.1) is 12.0 Å². The van der Waals surface area contributed by atoms with Crippen LogP contribution in [0.15, 0.2) is 42.5 Å². The number of rotatable bonds is 4. The third-order valence-corrected chi connectivity index (χ3v) is 2.79. The lowest BCUT2D eigenvalue weighted by Crippen LogP contribution is -2.08. The second kappa shape index (κ2) is 5.44. The largest absolute Gasteiger partial charge is 0.508 e. The zero-order chi connectivity index (χ0) is 14.7. The summed E-state index contributed by atoms with van der Waals surface area (Å²) in [4.78, 5) is 23.8. The van der Waals surface area contributed by atoms with Crippen molar-refractivity contribution in [2.24, 2.45) is 0 Å². The van der Waals surface area contributed by atoms with E-state index < -0.39 is 18.0 Å². The molecule has 0 heterocycles. The molecule has 0 aliphatic carbocycles. The number of aromatic hydroxyl groups is 3. The Labute approximate surface area is 114 Å². The predicted molar refractivity (Wildman–Crippen MR) is 71.2 cm³/mol. The molecule has 2 rings (SSSR count). The number of benzene rings is 2. The van der Waals surface area contributed by atoms with Gasteiger partial charge in [0, 0.05) is 11.6 Å². The van der Waals surface area contributed by atoms with Crippen LogP contribution in [0.1, 0.15) is 27.1 Å². The van der Waals surface area contributed by atoms with Gasteiger partial charge in [0.25, 0.3) is 0 Å². The first-order valence-electron chi connectivity index (χ1n) is 5.85. The Morgan fingerprint density at radius 1 is 0.800 bits per heavy atom. The Morgan fingerprint density at radius 3 is 2.00 bits per heavy atom. The van der Waals surface area contributed by atoms with E-state index in [2.05, 4.69) is 0 Å². The monoisotopic (exact) mass is 272 g/mol. The molecule has 0 spiro atoms. The van der Waals surface area contributed by atoms with Crippen LogP contribution in [0.2, 0.25) is 0 Å². The van der Waals surface area contributed by atoms with E-state index in [0.29, 0.717) is 5.56 Å². The first kappa shape index (κ1) is 13.6. The average Bonchev–Trinajstić information content (AvgIpc) is 2.39. The molecule has 0 saturated carbocycles. The van der Waals surface area contributed by atoms with Crippen LogP contribution in [0.5, 0.6) is 17.2 Å². The van der Waals surface area contributed by atoms with Crippen molar-refractivity contribution in [3.05, 3.63) is 53.6 Å². The lowest BCUT2D eigenvalue weighted by molar-refractivity contribution is 0.0893. The first-order valence-corrected chi connectivity index (χ1v) is 5.85. The summed E-state index contributed by atoms with van der Waals surface area (Å²) in [5, 5.41) is 27.8. The van der Waals surface area contributed by atoms with Crippen molar-refractivity contribution in [1.82, 2.24) is 0 Å². The van der Waals surface area contributed by atoms with Crippen LogP contribution in [0.25, 0.3) is 0 Å². The molecule has 0 saturated heterocycles. The molecule has 0 aliphatic rings. The maximum Gasteiger partial charge on any atom is 0.174 e. The summed E-state index contributed by atoms with van der Waals surface area (Å²) in [6.45, 7) is 0. The molecule has 20 heavy (non-hydrogen) atoms. The van der Waals surface area contributed by atoms with E-state index in [0.717, 1.165) is 6.07 Å². The van der Waals surface area contributed by atoms with Crippen LogP contribution >= 0.6 is 0 Å². The summed E-state index contributed by atoms with van der Waals surface area (Å²) in [5.74, 6) is -1.45. The van der Waals surface area contributed by atoms with Crippen LogP contribution in [0.4, 0.5) is 0 Å². The molecule has 0 aromatic heterocycles.